The summed E-state index contributed by atoms with van der Waals surface area (Å²) in [5.74, 6) is 2.12. The van der Waals surface area contributed by atoms with E-state index in [9.17, 15) is 8.42 Å². The number of nitriles is 1. The molecule has 126 valence electrons. The van der Waals surface area contributed by atoms with Crippen LogP contribution in [0.5, 0.6) is 0 Å². The molecule has 2 aromatic rings. The Kier molecular flexibility index (Phi) is 4.92. The van der Waals surface area contributed by atoms with Gasteiger partial charge in [-0.3, -0.25) is 0 Å². The molecule has 6 nitrogen and oxygen atoms in total. The zero-order valence-electron chi connectivity index (χ0n) is 13.3. The van der Waals surface area contributed by atoms with E-state index in [4.69, 9.17) is 5.26 Å². The van der Waals surface area contributed by atoms with Gasteiger partial charge in [0.25, 0.3) is 0 Å². The van der Waals surface area contributed by atoms with Crippen molar-refractivity contribution in [2.75, 3.05) is 11.5 Å². The van der Waals surface area contributed by atoms with Crippen molar-refractivity contribution in [2.45, 2.75) is 23.8 Å². The molecule has 1 aromatic carbocycles. The Morgan fingerprint density at radius 3 is 2.88 bits per heavy atom. The summed E-state index contributed by atoms with van der Waals surface area (Å²) in [5.41, 5.74) is 1.64. The Hall–Kier alpha value is -1.85. The summed E-state index contributed by atoms with van der Waals surface area (Å²) in [4.78, 5) is 0. The Bertz CT molecular complexity index is 884. The molecule has 0 bridgehead atoms. The van der Waals surface area contributed by atoms with E-state index in [1.807, 2.05) is 29.8 Å². The molecule has 0 amide bonds. The number of hydrogen-bond donors (Lipinski definition) is 0. The maximum atomic E-state index is 11.6. The summed E-state index contributed by atoms with van der Waals surface area (Å²) in [5, 5.41) is 18.3. The lowest BCUT2D eigenvalue weighted by Crippen LogP contribution is -2.11. The molecule has 0 aliphatic carbocycles. The molecule has 3 rings (SSSR count). The molecule has 1 aliphatic heterocycles. The quantitative estimate of drug-likeness (QED) is 0.756. The number of hydrogen-bond acceptors (Lipinski definition) is 6. The fourth-order valence-corrected chi connectivity index (χ4v) is 5.63. The van der Waals surface area contributed by atoms with E-state index in [2.05, 4.69) is 16.3 Å². The average molecular weight is 362 g/mol. The average Bonchev–Trinajstić information content (AvgIpc) is 3.09. The molecule has 2 heterocycles. The van der Waals surface area contributed by atoms with Gasteiger partial charge in [-0.15, -0.1) is 10.2 Å². The summed E-state index contributed by atoms with van der Waals surface area (Å²) < 4.78 is 25.1. The number of benzene rings is 1. The number of thioether (sulfide) groups is 1. The molecule has 1 aromatic heterocycles. The van der Waals surface area contributed by atoms with Gasteiger partial charge in [-0.1, -0.05) is 30.0 Å². The van der Waals surface area contributed by atoms with Gasteiger partial charge in [-0.05, 0) is 24.0 Å². The van der Waals surface area contributed by atoms with Crippen LogP contribution in [0.2, 0.25) is 0 Å². The number of aromatic nitrogens is 3. The molecule has 1 atom stereocenters. The molecule has 0 unspecified atom stereocenters. The topological polar surface area (TPSA) is 88.6 Å². The van der Waals surface area contributed by atoms with Gasteiger partial charge < -0.3 is 4.57 Å². The Balaban J connectivity index is 1.66. The third kappa shape index (κ3) is 3.79. The van der Waals surface area contributed by atoms with Gasteiger partial charge in [0, 0.05) is 19.2 Å². The normalized spacial score (nSPS) is 19.2. The summed E-state index contributed by atoms with van der Waals surface area (Å²) in [7, 11) is -0.969. The van der Waals surface area contributed by atoms with E-state index in [1.165, 1.54) is 11.8 Å². The van der Waals surface area contributed by atoms with Crippen LogP contribution in [0.3, 0.4) is 0 Å². The van der Waals surface area contributed by atoms with Crippen molar-refractivity contribution in [1.29, 1.82) is 5.26 Å². The van der Waals surface area contributed by atoms with Gasteiger partial charge in [-0.25, -0.2) is 8.42 Å². The summed E-state index contributed by atoms with van der Waals surface area (Å²) in [6.07, 6.45) is 1.34. The van der Waals surface area contributed by atoms with Gasteiger partial charge in [0.2, 0.25) is 0 Å². The predicted octanol–water partition coefficient (Wildman–Crippen LogP) is 1.96. The molecule has 0 spiro atoms. The summed E-state index contributed by atoms with van der Waals surface area (Å²) in [6, 6.07) is 9.70. The van der Waals surface area contributed by atoms with Crippen LogP contribution in [0.4, 0.5) is 0 Å². The van der Waals surface area contributed by atoms with Crippen LogP contribution >= 0.6 is 11.8 Å². The van der Waals surface area contributed by atoms with Gasteiger partial charge in [0.05, 0.1) is 23.1 Å². The van der Waals surface area contributed by atoms with Gasteiger partial charge in [-0.2, -0.15) is 5.26 Å². The zero-order chi connectivity index (χ0) is 17.2. The zero-order valence-corrected chi connectivity index (χ0v) is 15.0. The molecular formula is C16H18N4O2S2. The van der Waals surface area contributed by atoms with E-state index in [0.717, 1.165) is 16.5 Å². The maximum Gasteiger partial charge on any atom is 0.191 e. The first-order chi connectivity index (χ1) is 11.5. The van der Waals surface area contributed by atoms with Crippen LogP contribution in [0.1, 0.15) is 23.4 Å². The molecule has 8 heteroatoms. The first-order valence-corrected chi connectivity index (χ1v) is 10.5. The van der Waals surface area contributed by atoms with Crippen molar-refractivity contribution in [3.05, 3.63) is 41.2 Å². The number of rotatable bonds is 5. The van der Waals surface area contributed by atoms with Crippen LogP contribution in [0.25, 0.3) is 0 Å². The highest BCUT2D eigenvalue weighted by Crippen LogP contribution is 2.26. The van der Waals surface area contributed by atoms with Crippen LogP contribution < -0.4 is 0 Å². The lowest BCUT2D eigenvalue weighted by molar-refractivity contribution is 0.552. The smallest absolute Gasteiger partial charge is 0.191 e. The Morgan fingerprint density at radius 2 is 2.17 bits per heavy atom. The molecule has 0 radical (unpaired) electrons. The second-order valence-electron chi connectivity index (χ2n) is 5.99. The SMILES string of the molecule is Cn1c(C[C@H]2CCS(=O)(=O)C2)nnc1SCc1ccccc1C#N. The third-order valence-electron chi connectivity index (χ3n) is 4.22. The molecule has 0 saturated carbocycles. The third-order valence-corrected chi connectivity index (χ3v) is 7.12. The number of sulfone groups is 1. The van der Waals surface area contributed by atoms with E-state index in [0.29, 0.717) is 24.2 Å². The second-order valence-corrected chi connectivity index (χ2v) is 9.16. The number of nitrogens with zero attached hydrogens (tertiary/aromatic N) is 4. The highest BCUT2D eigenvalue weighted by molar-refractivity contribution is 7.98. The highest BCUT2D eigenvalue weighted by Gasteiger charge is 2.29. The van der Waals surface area contributed by atoms with Gasteiger partial charge in [0.1, 0.15) is 5.82 Å². The van der Waals surface area contributed by atoms with E-state index < -0.39 is 9.84 Å². The van der Waals surface area contributed by atoms with Crippen molar-refractivity contribution < 1.29 is 8.42 Å². The largest absolute Gasteiger partial charge is 0.309 e. The Labute approximate surface area is 145 Å². The van der Waals surface area contributed by atoms with Crippen molar-refractivity contribution in [1.82, 2.24) is 14.8 Å². The predicted molar refractivity (Wildman–Crippen MR) is 92.2 cm³/mol. The van der Waals surface area contributed by atoms with Crippen LogP contribution in [-0.2, 0) is 29.1 Å². The van der Waals surface area contributed by atoms with Crippen molar-refractivity contribution in [2.24, 2.45) is 13.0 Å². The highest BCUT2D eigenvalue weighted by atomic mass is 32.2. The van der Waals surface area contributed by atoms with Crippen LogP contribution in [0.15, 0.2) is 29.4 Å². The minimum atomic E-state index is -2.87. The standard InChI is InChI=1S/C16H18N4O2S2/c1-20-15(8-12-6-7-24(21,22)11-12)18-19-16(20)23-10-14-5-3-2-4-13(14)9-17/h2-5,12H,6-8,10-11H2,1H3/t12-/m1/s1. The van der Waals surface area contributed by atoms with E-state index >= 15 is 0 Å². The van der Waals surface area contributed by atoms with Gasteiger partial charge in [0.15, 0.2) is 15.0 Å². The maximum absolute atomic E-state index is 11.6. The molecule has 1 fully saturated rings. The van der Waals surface area contributed by atoms with Crippen LogP contribution in [0, 0.1) is 17.2 Å². The fraction of sp³-hybridized carbons (Fsp3) is 0.438. The first kappa shape index (κ1) is 17.0. The Morgan fingerprint density at radius 1 is 1.38 bits per heavy atom. The minimum Gasteiger partial charge on any atom is -0.309 e. The molecule has 1 aliphatic rings. The van der Waals surface area contributed by atoms with Gasteiger partial charge >= 0.3 is 0 Å². The lowest BCUT2D eigenvalue weighted by Gasteiger charge is -2.08. The van der Waals surface area contributed by atoms with E-state index in [-0.39, 0.29) is 17.4 Å². The minimum absolute atomic E-state index is 0.134. The fourth-order valence-electron chi connectivity index (χ4n) is 2.84. The summed E-state index contributed by atoms with van der Waals surface area (Å²) >= 11 is 1.53. The van der Waals surface area contributed by atoms with Crippen molar-refractivity contribution in [3.63, 3.8) is 0 Å². The second kappa shape index (κ2) is 6.95. The van der Waals surface area contributed by atoms with Crippen LogP contribution in [-0.4, -0.2) is 34.7 Å². The van der Waals surface area contributed by atoms with E-state index in [1.54, 1.807) is 6.07 Å². The summed E-state index contributed by atoms with van der Waals surface area (Å²) in [6.45, 7) is 0. The first-order valence-electron chi connectivity index (χ1n) is 7.68. The van der Waals surface area contributed by atoms with Crippen molar-refractivity contribution in [3.8, 4) is 6.07 Å². The van der Waals surface area contributed by atoms with Crippen molar-refractivity contribution >= 4 is 21.6 Å². The monoisotopic (exact) mass is 362 g/mol. The molecule has 24 heavy (non-hydrogen) atoms. The molecular weight excluding hydrogens is 344 g/mol. The molecule has 0 N–H and O–H groups in total. The molecule has 1 saturated heterocycles. The lowest BCUT2D eigenvalue weighted by atomic mass is 10.1.